The average molecular weight is 431 g/mol. The number of sulfonamides is 2. The minimum Gasteiger partial charge on any atom is -0.379 e. The summed E-state index contributed by atoms with van der Waals surface area (Å²) in [6.07, 6.45) is 0. The molecule has 0 bridgehead atoms. The molecule has 0 radical (unpaired) electrons. The second-order valence-corrected chi connectivity index (χ2v) is 10.1. The van der Waals surface area contributed by atoms with Gasteiger partial charge in [-0.2, -0.15) is 4.31 Å². The molecule has 0 spiro atoms. The van der Waals surface area contributed by atoms with E-state index in [1.54, 1.807) is 12.1 Å². The Labute approximate surface area is 164 Å². The Morgan fingerprint density at radius 3 is 2.26 bits per heavy atom. The Bertz CT molecular complexity index is 1030. The highest BCUT2D eigenvalue weighted by atomic mass is 35.5. The molecule has 0 amide bonds. The summed E-state index contributed by atoms with van der Waals surface area (Å²) < 4.78 is 59.6. The predicted octanol–water partition coefficient (Wildman–Crippen LogP) is 2.47. The zero-order valence-electron chi connectivity index (χ0n) is 14.6. The van der Waals surface area contributed by atoms with Gasteiger partial charge in [-0.15, -0.1) is 0 Å². The highest BCUT2D eigenvalue weighted by Crippen LogP contribution is 2.29. The van der Waals surface area contributed by atoms with Crippen LogP contribution in [0.2, 0.25) is 5.02 Å². The van der Waals surface area contributed by atoms with E-state index in [9.17, 15) is 16.8 Å². The van der Waals surface area contributed by atoms with E-state index in [-0.39, 0.29) is 33.6 Å². The van der Waals surface area contributed by atoms with E-state index in [4.69, 9.17) is 16.3 Å². The van der Waals surface area contributed by atoms with Crippen molar-refractivity contribution in [1.82, 2.24) is 4.31 Å². The molecule has 2 aromatic rings. The summed E-state index contributed by atoms with van der Waals surface area (Å²) >= 11 is 6.09. The van der Waals surface area contributed by atoms with Crippen LogP contribution in [0.3, 0.4) is 0 Å². The number of rotatable bonds is 5. The molecule has 0 atom stereocenters. The molecular weight excluding hydrogens is 412 g/mol. The van der Waals surface area contributed by atoms with Crippen LogP contribution in [0.25, 0.3) is 0 Å². The molecule has 1 heterocycles. The maximum Gasteiger partial charge on any atom is 0.261 e. The maximum absolute atomic E-state index is 12.8. The van der Waals surface area contributed by atoms with Gasteiger partial charge >= 0.3 is 0 Å². The maximum atomic E-state index is 12.8. The number of ether oxygens (including phenoxy) is 1. The van der Waals surface area contributed by atoms with Crippen molar-refractivity contribution in [3.63, 3.8) is 0 Å². The molecule has 1 N–H and O–H groups in total. The van der Waals surface area contributed by atoms with Crippen molar-refractivity contribution in [3.8, 4) is 0 Å². The predicted molar refractivity (Wildman–Crippen MR) is 103 cm³/mol. The molecule has 1 saturated heterocycles. The van der Waals surface area contributed by atoms with Crippen LogP contribution in [0.15, 0.2) is 52.3 Å². The molecule has 1 aliphatic heterocycles. The van der Waals surface area contributed by atoms with Crippen molar-refractivity contribution < 1.29 is 21.6 Å². The van der Waals surface area contributed by atoms with Gasteiger partial charge in [0.1, 0.15) is 4.90 Å². The fourth-order valence-electron chi connectivity index (χ4n) is 2.62. The number of hydrogen-bond acceptors (Lipinski definition) is 5. The summed E-state index contributed by atoms with van der Waals surface area (Å²) in [5.74, 6) is 0. The first-order valence-electron chi connectivity index (χ1n) is 8.17. The molecule has 3 rings (SSSR count). The van der Waals surface area contributed by atoms with E-state index in [0.717, 1.165) is 5.56 Å². The van der Waals surface area contributed by atoms with Gasteiger partial charge in [0.05, 0.1) is 28.8 Å². The lowest BCUT2D eigenvalue weighted by Gasteiger charge is -2.26. The Hall–Kier alpha value is -1.65. The number of halogens is 1. The lowest BCUT2D eigenvalue weighted by molar-refractivity contribution is 0.0730. The van der Waals surface area contributed by atoms with Crippen molar-refractivity contribution in [3.05, 3.63) is 53.1 Å². The van der Waals surface area contributed by atoms with Gasteiger partial charge in [-0.05, 0) is 37.3 Å². The van der Waals surface area contributed by atoms with E-state index >= 15 is 0 Å². The van der Waals surface area contributed by atoms with Gasteiger partial charge in [-0.25, -0.2) is 16.8 Å². The highest BCUT2D eigenvalue weighted by molar-refractivity contribution is 7.92. The van der Waals surface area contributed by atoms with Crippen LogP contribution in [0.4, 0.5) is 5.69 Å². The highest BCUT2D eigenvalue weighted by Gasteiger charge is 2.29. The van der Waals surface area contributed by atoms with Crippen LogP contribution in [-0.2, 0) is 24.8 Å². The second kappa shape index (κ2) is 7.76. The van der Waals surface area contributed by atoms with E-state index in [1.165, 1.54) is 34.6 Å². The van der Waals surface area contributed by atoms with Gasteiger partial charge in [0.15, 0.2) is 0 Å². The number of hydrogen-bond donors (Lipinski definition) is 1. The number of morpholine rings is 1. The van der Waals surface area contributed by atoms with Crippen LogP contribution in [-0.4, -0.2) is 47.4 Å². The molecule has 0 aromatic heterocycles. The van der Waals surface area contributed by atoms with Crippen LogP contribution in [0, 0.1) is 6.92 Å². The summed E-state index contributed by atoms with van der Waals surface area (Å²) in [6, 6.07) is 10.4. The summed E-state index contributed by atoms with van der Waals surface area (Å²) in [7, 11) is -7.71. The fraction of sp³-hybridized carbons (Fsp3) is 0.294. The van der Waals surface area contributed by atoms with Gasteiger partial charge in [0, 0.05) is 13.1 Å². The number of benzene rings is 2. The first kappa shape index (κ1) is 20.1. The molecule has 7 nitrogen and oxygen atoms in total. The minimum absolute atomic E-state index is 0.0276. The molecule has 2 aromatic carbocycles. The van der Waals surface area contributed by atoms with Crippen molar-refractivity contribution >= 4 is 37.3 Å². The summed E-state index contributed by atoms with van der Waals surface area (Å²) in [5, 5.41) is 0.0276. The van der Waals surface area contributed by atoms with E-state index in [0.29, 0.717) is 13.2 Å². The molecule has 0 aliphatic carbocycles. The zero-order chi connectivity index (χ0) is 19.7. The standard InChI is InChI=1S/C17H19ClN2O5S2/c1-13-2-5-15(6-3-13)26(21,22)19-14-4-7-16(18)17(12-14)27(23,24)20-8-10-25-11-9-20/h2-7,12,19H,8-11H2,1H3. The quantitative estimate of drug-likeness (QED) is 0.786. The molecule has 27 heavy (non-hydrogen) atoms. The lowest BCUT2D eigenvalue weighted by atomic mass is 10.2. The van der Waals surface area contributed by atoms with Crippen LogP contribution in [0.1, 0.15) is 5.56 Å². The van der Waals surface area contributed by atoms with E-state index in [1.807, 2.05) is 6.92 Å². The zero-order valence-corrected chi connectivity index (χ0v) is 16.9. The topological polar surface area (TPSA) is 92.8 Å². The fourth-order valence-corrected chi connectivity index (χ4v) is 5.58. The third kappa shape index (κ3) is 4.44. The third-order valence-electron chi connectivity index (χ3n) is 4.10. The monoisotopic (exact) mass is 430 g/mol. The lowest BCUT2D eigenvalue weighted by Crippen LogP contribution is -2.40. The second-order valence-electron chi connectivity index (χ2n) is 6.08. The summed E-state index contributed by atoms with van der Waals surface area (Å²) in [5.41, 5.74) is 1.05. The Morgan fingerprint density at radius 1 is 1.00 bits per heavy atom. The van der Waals surface area contributed by atoms with E-state index in [2.05, 4.69) is 4.72 Å². The molecular formula is C17H19ClN2O5S2. The largest absolute Gasteiger partial charge is 0.379 e. The molecule has 146 valence electrons. The van der Waals surface area contributed by atoms with Gasteiger partial charge in [-0.1, -0.05) is 29.3 Å². The average Bonchev–Trinajstić information content (AvgIpc) is 2.64. The SMILES string of the molecule is Cc1ccc(S(=O)(=O)Nc2ccc(Cl)c(S(=O)(=O)N3CCOCC3)c2)cc1. The Morgan fingerprint density at radius 2 is 1.63 bits per heavy atom. The molecule has 10 heteroatoms. The molecule has 0 unspecified atom stereocenters. The number of aryl methyl sites for hydroxylation is 1. The van der Waals surface area contributed by atoms with Gasteiger partial charge in [0.2, 0.25) is 10.0 Å². The van der Waals surface area contributed by atoms with Crippen LogP contribution < -0.4 is 4.72 Å². The number of anilines is 1. The van der Waals surface area contributed by atoms with Crippen LogP contribution in [0.5, 0.6) is 0 Å². The van der Waals surface area contributed by atoms with Crippen molar-refractivity contribution in [1.29, 1.82) is 0 Å². The minimum atomic E-state index is -3.85. The van der Waals surface area contributed by atoms with Gasteiger partial charge < -0.3 is 4.74 Å². The molecule has 1 fully saturated rings. The van der Waals surface area contributed by atoms with Crippen molar-refractivity contribution in [2.45, 2.75) is 16.7 Å². The normalized spacial score (nSPS) is 16.2. The first-order valence-corrected chi connectivity index (χ1v) is 11.5. The molecule has 0 saturated carbocycles. The number of nitrogens with zero attached hydrogens (tertiary/aromatic N) is 1. The smallest absolute Gasteiger partial charge is 0.261 e. The summed E-state index contributed by atoms with van der Waals surface area (Å²) in [4.78, 5) is -0.0594. The van der Waals surface area contributed by atoms with Gasteiger partial charge in [-0.3, -0.25) is 4.72 Å². The Kier molecular flexibility index (Phi) is 5.78. The van der Waals surface area contributed by atoms with Crippen molar-refractivity contribution in [2.24, 2.45) is 0 Å². The Balaban J connectivity index is 1.92. The van der Waals surface area contributed by atoms with Crippen LogP contribution >= 0.6 is 11.6 Å². The van der Waals surface area contributed by atoms with E-state index < -0.39 is 20.0 Å². The van der Waals surface area contributed by atoms with Gasteiger partial charge in [0.25, 0.3) is 10.0 Å². The van der Waals surface area contributed by atoms with Crippen molar-refractivity contribution in [2.75, 3.05) is 31.0 Å². The number of nitrogens with one attached hydrogen (secondary N) is 1. The third-order valence-corrected chi connectivity index (χ3v) is 7.88. The molecule has 1 aliphatic rings. The summed E-state index contributed by atoms with van der Waals surface area (Å²) in [6.45, 7) is 2.90. The first-order chi connectivity index (χ1) is 12.7.